The van der Waals surface area contributed by atoms with Gasteiger partial charge in [0.25, 0.3) is 0 Å². The Morgan fingerprint density at radius 2 is 1.89 bits per heavy atom. The number of carbonyl (C=O) groups is 2. The molecular weight excluding hydrogens is 234 g/mol. The standard InChI is InChI=1S/C13H19NO4/c1-13(2,3)18-12(17)14-10-8-5-4-7(6-8)9(10)11(15)16/h4-5,7-10H,6H2,1-3H3,(H,14,17)(H,15,16)/t7-,8-,9-,10+/m0/s1. The van der Waals surface area contributed by atoms with E-state index >= 15 is 0 Å². The minimum atomic E-state index is -0.854. The van der Waals surface area contributed by atoms with E-state index in [1.165, 1.54) is 0 Å². The van der Waals surface area contributed by atoms with Crippen LogP contribution in [-0.4, -0.2) is 28.8 Å². The van der Waals surface area contributed by atoms with E-state index in [0.29, 0.717) is 0 Å². The average Bonchev–Trinajstić information content (AvgIpc) is 2.73. The van der Waals surface area contributed by atoms with Gasteiger partial charge in [-0.2, -0.15) is 0 Å². The number of nitrogens with one attached hydrogen (secondary N) is 1. The number of carbonyl (C=O) groups excluding carboxylic acids is 1. The van der Waals surface area contributed by atoms with Crippen molar-refractivity contribution < 1.29 is 19.4 Å². The first-order valence-corrected chi connectivity index (χ1v) is 6.18. The molecule has 1 fully saturated rings. The molecule has 100 valence electrons. The first-order valence-electron chi connectivity index (χ1n) is 6.18. The van der Waals surface area contributed by atoms with Crippen LogP contribution in [0.15, 0.2) is 12.2 Å². The Bertz CT molecular complexity index is 396. The Labute approximate surface area is 106 Å². The molecule has 2 N–H and O–H groups in total. The molecule has 4 atom stereocenters. The molecule has 0 unspecified atom stereocenters. The summed E-state index contributed by atoms with van der Waals surface area (Å²) in [5.74, 6) is -1.24. The van der Waals surface area contributed by atoms with Crippen LogP contribution in [-0.2, 0) is 9.53 Å². The molecule has 0 aromatic heterocycles. The zero-order chi connectivity index (χ0) is 13.5. The largest absolute Gasteiger partial charge is 0.481 e. The highest BCUT2D eigenvalue weighted by atomic mass is 16.6. The van der Waals surface area contributed by atoms with E-state index < -0.39 is 23.6 Å². The number of allylic oxidation sites excluding steroid dienone is 1. The summed E-state index contributed by atoms with van der Waals surface area (Å²) in [5, 5.41) is 11.9. The minimum Gasteiger partial charge on any atom is -0.481 e. The summed E-state index contributed by atoms with van der Waals surface area (Å²) in [7, 11) is 0. The molecule has 18 heavy (non-hydrogen) atoms. The van der Waals surface area contributed by atoms with Crippen LogP contribution in [0, 0.1) is 17.8 Å². The SMILES string of the molecule is CC(C)(C)OC(=O)N[C@H]1[C@@H](C(=O)O)[C@H]2C=C[C@H]1C2. The van der Waals surface area contributed by atoms with Gasteiger partial charge >= 0.3 is 12.1 Å². The van der Waals surface area contributed by atoms with E-state index in [2.05, 4.69) is 5.32 Å². The van der Waals surface area contributed by atoms with Gasteiger partial charge in [-0.25, -0.2) is 4.79 Å². The molecule has 2 aliphatic rings. The first-order chi connectivity index (χ1) is 8.28. The van der Waals surface area contributed by atoms with Crippen LogP contribution < -0.4 is 5.32 Å². The predicted octanol–water partition coefficient (Wildman–Crippen LogP) is 1.79. The van der Waals surface area contributed by atoms with E-state index in [1.807, 2.05) is 12.2 Å². The number of carboxylic acid groups (broad SMARTS) is 1. The average molecular weight is 253 g/mol. The second-order valence-electron chi connectivity index (χ2n) is 5.98. The summed E-state index contributed by atoms with van der Waals surface area (Å²) in [5.41, 5.74) is -0.573. The lowest BCUT2D eigenvalue weighted by molar-refractivity contribution is -0.143. The third-order valence-electron chi connectivity index (χ3n) is 3.43. The van der Waals surface area contributed by atoms with Gasteiger partial charge in [0, 0.05) is 0 Å². The maximum Gasteiger partial charge on any atom is 0.407 e. The monoisotopic (exact) mass is 253 g/mol. The fourth-order valence-corrected chi connectivity index (χ4v) is 2.80. The van der Waals surface area contributed by atoms with Gasteiger partial charge in [0.05, 0.1) is 12.0 Å². The fourth-order valence-electron chi connectivity index (χ4n) is 2.80. The molecule has 2 bridgehead atoms. The lowest BCUT2D eigenvalue weighted by atomic mass is 9.89. The van der Waals surface area contributed by atoms with Crippen LogP contribution >= 0.6 is 0 Å². The fraction of sp³-hybridized carbons (Fsp3) is 0.692. The molecule has 0 saturated heterocycles. The highest BCUT2D eigenvalue weighted by molar-refractivity contribution is 5.75. The van der Waals surface area contributed by atoms with Gasteiger partial charge in [-0.05, 0) is 39.0 Å². The van der Waals surface area contributed by atoms with Gasteiger partial charge in [0.2, 0.25) is 0 Å². The van der Waals surface area contributed by atoms with Gasteiger partial charge in [0.15, 0.2) is 0 Å². The number of carboxylic acids is 1. The van der Waals surface area contributed by atoms with Crippen molar-refractivity contribution in [3.8, 4) is 0 Å². The van der Waals surface area contributed by atoms with Gasteiger partial charge in [-0.1, -0.05) is 12.2 Å². The third-order valence-corrected chi connectivity index (χ3v) is 3.43. The lowest BCUT2D eigenvalue weighted by Crippen LogP contribution is -2.47. The van der Waals surface area contributed by atoms with Crippen molar-refractivity contribution in [3.05, 3.63) is 12.2 Å². The maximum atomic E-state index is 11.7. The summed E-state index contributed by atoms with van der Waals surface area (Å²) in [6.07, 6.45) is 4.19. The van der Waals surface area contributed by atoms with Crippen LogP contribution in [0.3, 0.4) is 0 Å². The van der Waals surface area contributed by atoms with Crippen molar-refractivity contribution in [3.63, 3.8) is 0 Å². The summed E-state index contributed by atoms with van der Waals surface area (Å²) in [6.45, 7) is 5.34. The van der Waals surface area contributed by atoms with Crippen LogP contribution in [0.5, 0.6) is 0 Å². The van der Waals surface area contributed by atoms with Crippen molar-refractivity contribution in [2.45, 2.75) is 38.8 Å². The number of hydrogen-bond acceptors (Lipinski definition) is 3. The molecule has 1 saturated carbocycles. The van der Waals surface area contributed by atoms with Crippen molar-refractivity contribution >= 4 is 12.1 Å². The Hall–Kier alpha value is -1.52. The van der Waals surface area contributed by atoms with Crippen molar-refractivity contribution in [1.29, 1.82) is 0 Å². The Kier molecular flexibility index (Phi) is 3.09. The number of fused-ring (bicyclic) bond motifs is 2. The highest BCUT2D eigenvalue weighted by Gasteiger charge is 2.49. The molecule has 2 rings (SSSR count). The molecule has 0 heterocycles. The molecule has 5 heteroatoms. The molecular formula is C13H19NO4. The van der Waals surface area contributed by atoms with Crippen molar-refractivity contribution in [2.24, 2.45) is 17.8 Å². The number of hydrogen-bond donors (Lipinski definition) is 2. The van der Waals surface area contributed by atoms with E-state index in [1.54, 1.807) is 20.8 Å². The molecule has 0 aliphatic heterocycles. The van der Waals surface area contributed by atoms with Crippen LogP contribution in [0.4, 0.5) is 4.79 Å². The number of alkyl carbamates (subject to hydrolysis) is 1. The molecule has 5 nitrogen and oxygen atoms in total. The van der Waals surface area contributed by atoms with Gasteiger partial charge < -0.3 is 15.2 Å². The molecule has 0 aromatic carbocycles. The van der Waals surface area contributed by atoms with E-state index in [-0.39, 0.29) is 17.9 Å². The summed E-state index contributed by atoms with van der Waals surface area (Å²) in [6, 6.07) is -0.354. The molecule has 1 amide bonds. The van der Waals surface area contributed by atoms with Crippen LogP contribution in [0.25, 0.3) is 0 Å². The molecule has 0 spiro atoms. The maximum absolute atomic E-state index is 11.7. The summed E-state index contributed by atoms with van der Waals surface area (Å²) >= 11 is 0. The first kappa shape index (κ1) is 12.9. The minimum absolute atomic E-state index is 0.0347. The van der Waals surface area contributed by atoms with Crippen molar-refractivity contribution in [2.75, 3.05) is 0 Å². The number of aliphatic carboxylic acids is 1. The normalized spacial score (nSPS) is 33.5. The topological polar surface area (TPSA) is 75.6 Å². The predicted molar refractivity (Wildman–Crippen MR) is 65.0 cm³/mol. The smallest absolute Gasteiger partial charge is 0.407 e. The van der Waals surface area contributed by atoms with Crippen molar-refractivity contribution in [1.82, 2.24) is 5.32 Å². The lowest BCUT2D eigenvalue weighted by Gasteiger charge is -2.27. The Morgan fingerprint density at radius 1 is 1.28 bits per heavy atom. The van der Waals surface area contributed by atoms with Gasteiger partial charge in [-0.15, -0.1) is 0 Å². The molecule has 0 aromatic rings. The van der Waals surface area contributed by atoms with Gasteiger partial charge in [0.1, 0.15) is 5.60 Å². The number of amides is 1. The zero-order valence-corrected chi connectivity index (χ0v) is 10.8. The third kappa shape index (κ3) is 2.49. The number of rotatable bonds is 2. The summed E-state index contributed by atoms with van der Waals surface area (Å²) in [4.78, 5) is 23.0. The Morgan fingerprint density at radius 3 is 2.44 bits per heavy atom. The zero-order valence-electron chi connectivity index (χ0n) is 10.8. The summed E-state index contributed by atoms with van der Waals surface area (Å²) < 4.78 is 5.17. The second kappa shape index (κ2) is 4.30. The Balaban J connectivity index is 2.02. The highest BCUT2D eigenvalue weighted by Crippen LogP contribution is 2.43. The van der Waals surface area contributed by atoms with E-state index in [4.69, 9.17) is 4.74 Å². The van der Waals surface area contributed by atoms with E-state index in [0.717, 1.165) is 6.42 Å². The number of ether oxygens (including phenoxy) is 1. The molecule has 0 radical (unpaired) electrons. The quantitative estimate of drug-likeness (QED) is 0.736. The second-order valence-corrected chi connectivity index (χ2v) is 5.98. The molecule has 2 aliphatic carbocycles. The van der Waals surface area contributed by atoms with Crippen LogP contribution in [0.2, 0.25) is 0 Å². The van der Waals surface area contributed by atoms with E-state index in [9.17, 15) is 14.7 Å². The van der Waals surface area contributed by atoms with Gasteiger partial charge in [-0.3, -0.25) is 4.79 Å². The van der Waals surface area contributed by atoms with Crippen LogP contribution in [0.1, 0.15) is 27.2 Å².